The van der Waals surface area contributed by atoms with Crippen molar-refractivity contribution in [3.05, 3.63) is 40.3 Å². The highest BCUT2D eigenvalue weighted by molar-refractivity contribution is 7.99. The van der Waals surface area contributed by atoms with Gasteiger partial charge >= 0.3 is 0 Å². The molecule has 1 amide bonds. The molecule has 1 fully saturated rings. The fourth-order valence-electron chi connectivity index (χ4n) is 3.09. The zero-order chi connectivity index (χ0) is 18.8. The number of anilines is 2. The first-order valence-electron chi connectivity index (χ1n) is 8.69. The average Bonchev–Trinajstić information content (AvgIpc) is 3.09. The smallest absolute Gasteiger partial charge is 0.293 e. The van der Waals surface area contributed by atoms with Gasteiger partial charge in [-0.1, -0.05) is 6.07 Å². The van der Waals surface area contributed by atoms with Crippen molar-refractivity contribution in [2.45, 2.75) is 6.92 Å². The first-order chi connectivity index (χ1) is 13.2. The van der Waals surface area contributed by atoms with Crippen LogP contribution in [-0.2, 0) is 0 Å². The van der Waals surface area contributed by atoms with E-state index in [1.54, 1.807) is 24.5 Å². The summed E-state index contributed by atoms with van der Waals surface area (Å²) >= 11 is 3.59. The Kier molecular flexibility index (Phi) is 5.18. The summed E-state index contributed by atoms with van der Waals surface area (Å²) in [6, 6.07) is 7.25. The number of methoxy groups -OCH3 is 1. The van der Waals surface area contributed by atoms with Crippen molar-refractivity contribution in [2.24, 2.45) is 0 Å². The van der Waals surface area contributed by atoms with Gasteiger partial charge in [-0.25, -0.2) is 9.97 Å². The molecule has 0 atom stereocenters. The Bertz CT molecular complexity index is 983. The molecule has 4 rings (SSSR count). The van der Waals surface area contributed by atoms with Crippen LogP contribution in [0.4, 0.5) is 11.5 Å². The maximum absolute atomic E-state index is 12.8. The van der Waals surface area contributed by atoms with Gasteiger partial charge < -0.3 is 15.0 Å². The van der Waals surface area contributed by atoms with E-state index in [0.717, 1.165) is 41.3 Å². The molecule has 140 valence electrons. The minimum absolute atomic E-state index is 0.191. The van der Waals surface area contributed by atoms with E-state index in [0.29, 0.717) is 11.4 Å². The number of aromatic nitrogens is 2. The number of nitrogens with one attached hydrogen (secondary N) is 1. The summed E-state index contributed by atoms with van der Waals surface area (Å²) in [7, 11) is 1.60. The molecule has 8 heteroatoms. The second kappa shape index (κ2) is 7.74. The van der Waals surface area contributed by atoms with Gasteiger partial charge in [-0.05, 0) is 19.1 Å². The fraction of sp³-hybridized carbons (Fsp3) is 0.316. The number of carbonyl (C=O) groups excluding carboxylic acids is 1. The lowest BCUT2D eigenvalue weighted by molar-refractivity contribution is 0.101. The van der Waals surface area contributed by atoms with E-state index in [9.17, 15) is 4.79 Å². The van der Waals surface area contributed by atoms with Gasteiger partial charge in [0, 0.05) is 46.6 Å². The lowest BCUT2D eigenvalue weighted by Crippen LogP contribution is -2.34. The van der Waals surface area contributed by atoms with E-state index in [1.807, 2.05) is 35.3 Å². The number of hydrogen-bond acceptors (Lipinski definition) is 7. The van der Waals surface area contributed by atoms with Crippen LogP contribution >= 0.6 is 23.1 Å². The standard InChI is InChI=1S/C19H20N4O2S2/c1-12-16-15(11-27-12)21-17(22-18(16)23-6-8-26-9-7-23)19(24)20-13-4-3-5-14(10-13)25-2/h3-5,10-11H,6-9H2,1-2H3,(H,20,24). The Morgan fingerprint density at radius 2 is 2.07 bits per heavy atom. The molecule has 3 heterocycles. The molecule has 1 aromatic carbocycles. The van der Waals surface area contributed by atoms with Gasteiger partial charge in [0.25, 0.3) is 5.91 Å². The lowest BCUT2D eigenvalue weighted by Gasteiger charge is -2.28. The normalized spacial score (nSPS) is 14.4. The molecule has 3 aromatic rings. The Balaban J connectivity index is 1.69. The number of aryl methyl sites for hydroxylation is 1. The molecule has 0 spiro atoms. The number of ether oxygens (including phenoxy) is 1. The van der Waals surface area contributed by atoms with Gasteiger partial charge in [0.05, 0.1) is 18.0 Å². The van der Waals surface area contributed by atoms with Crippen LogP contribution in [0.15, 0.2) is 29.6 Å². The number of nitrogens with zero attached hydrogens (tertiary/aromatic N) is 3. The molecule has 27 heavy (non-hydrogen) atoms. The molecular formula is C19H20N4O2S2. The molecule has 0 unspecified atom stereocenters. The largest absolute Gasteiger partial charge is 0.497 e. The highest BCUT2D eigenvalue weighted by Crippen LogP contribution is 2.32. The van der Waals surface area contributed by atoms with Crippen molar-refractivity contribution in [3.63, 3.8) is 0 Å². The first kappa shape index (κ1) is 18.1. The van der Waals surface area contributed by atoms with Gasteiger partial charge in [0.15, 0.2) is 0 Å². The topological polar surface area (TPSA) is 67.3 Å². The maximum Gasteiger partial charge on any atom is 0.293 e. The molecule has 2 aromatic heterocycles. The summed E-state index contributed by atoms with van der Waals surface area (Å²) in [4.78, 5) is 25.4. The molecule has 1 N–H and O–H groups in total. The number of rotatable bonds is 4. The second-order valence-electron chi connectivity index (χ2n) is 6.21. The number of thiophene rings is 1. The first-order valence-corrected chi connectivity index (χ1v) is 10.7. The number of carbonyl (C=O) groups is 1. The molecule has 0 bridgehead atoms. The predicted molar refractivity (Wildman–Crippen MR) is 113 cm³/mol. The van der Waals surface area contributed by atoms with Gasteiger partial charge in [-0.3, -0.25) is 4.79 Å². The number of benzene rings is 1. The molecule has 0 saturated carbocycles. The van der Waals surface area contributed by atoms with Crippen LogP contribution in [0.1, 0.15) is 15.5 Å². The molecule has 1 aliphatic heterocycles. The Hall–Kier alpha value is -2.32. The second-order valence-corrected chi connectivity index (χ2v) is 8.52. The number of hydrogen-bond donors (Lipinski definition) is 1. The minimum Gasteiger partial charge on any atom is -0.497 e. The highest BCUT2D eigenvalue weighted by Gasteiger charge is 2.22. The highest BCUT2D eigenvalue weighted by atomic mass is 32.2. The molecule has 6 nitrogen and oxygen atoms in total. The maximum atomic E-state index is 12.8. The van der Waals surface area contributed by atoms with Crippen molar-refractivity contribution in [3.8, 4) is 5.75 Å². The van der Waals surface area contributed by atoms with Crippen LogP contribution in [0, 0.1) is 6.92 Å². The molecule has 0 radical (unpaired) electrons. The molecule has 1 aliphatic rings. The monoisotopic (exact) mass is 400 g/mol. The van der Waals surface area contributed by atoms with Gasteiger partial charge in [0.2, 0.25) is 5.82 Å². The van der Waals surface area contributed by atoms with Crippen molar-refractivity contribution in [2.75, 3.05) is 41.9 Å². The predicted octanol–water partition coefficient (Wildman–Crippen LogP) is 3.81. The SMILES string of the molecule is COc1cccc(NC(=O)c2nc(N3CCSCC3)c3c(C)scc3n2)c1. The van der Waals surface area contributed by atoms with Crippen LogP contribution in [-0.4, -0.2) is 47.6 Å². The molecule has 0 aliphatic carbocycles. The Morgan fingerprint density at radius 1 is 1.26 bits per heavy atom. The third-order valence-corrected chi connectivity index (χ3v) is 6.30. The zero-order valence-corrected chi connectivity index (χ0v) is 16.8. The van der Waals surface area contributed by atoms with Gasteiger partial charge in [0.1, 0.15) is 11.6 Å². The fourth-order valence-corrected chi connectivity index (χ4v) is 4.76. The summed E-state index contributed by atoms with van der Waals surface area (Å²) in [6.07, 6.45) is 0. The van der Waals surface area contributed by atoms with Crippen molar-refractivity contribution in [1.82, 2.24) is 9.97 Å². The molecular weight excluding hydrogens is 380 g/mol. The number of thioether (sulfide) groups is 1. The van der Waals surface area contributed by atoms with E-state index in [-0.39, 0.29) is 11.7 Å². The van der Waals surface area contributed by atoms with Gasteiger partial charge in [-0.2, -0.15) is 11.8 Å². The minimum atomic E-state index is -0.318. The summed E-state index contributed by atoms with van der Waals surface area (Å²) in [5, 5.41) is 5.93. The summed E-state index contributed by atoms with van der Waals surface area (Å²) in [5.41, 5.74) is 1.48. The number of fused-ring (bicyclic) bond motifs is 1. The van der Waals surface area contributed by atoms with Crippen molar-refractivity contribution < 1.29 is 9.53 Å². The van der Waals surface area contributed by atoms with E-state index < -0.39 is 0 Å². The average molecular weight is 401 g/mol. The lowest BCUT2D eigenvalue weighted by atomic mass is 10.2. The summed E-state index contributed by atoms with van der Waals surface area (Å²) < 4.78 is 5.21. The Labute approximate surface area is 166 Å². The molecule has 1 saturated heterocycles. The van der Waals surface area contributed by atoms with Gasteiger partial charge in [-0.15, -0.1) is 11.3 Å². The zero-order valence-electron chi connectivity index (χ0n) is 15.2. The van der Waals surface area contributed by atoms with E-state index in [4.69, 9.17) is 4.74 Å². The van der Waals surface area contributed by atoms with Crippen LogP contribution in [0.5, 0.6) is 5.75 Å². The summed E-state index contributed by atoms with van der Waals surface area (Å²) in [6.45, 7) is 3.95. The van der Waals surface area contributed by atoms with E-state index in [1.165, 1.54) is 4.88 Å². The summed E-state index contributed by atoms with van der Waals surface area (Å²) in [5.74, 6) is 3.57. The number of amides is 1. The van der Waals surface area contributed by atoms with Crippen LogP contribution in [0.3, 0.4) is 0 Å². The van der Waals surface area contributed by atoms with E-state index in [2.05, 4.69) is 27.1 Å². The van der Waals surface area contributed by atoms with Crippen LogP contribution < -0.4 is 15.0 Å². The third-order valence-electron chi connectivity index (χ3n) is 4.46. The van der Waals surface area contributed by atoms with E-state index >= 15 is 0 Å². The van der Waals surface area contributed by atoms with Crippen LogP contribution in [0.25, 0.3) is 10.9 Å². The van der Waals surface area contributed by atoms with Crippen molar-refractivity contribution >= 4 is 51.4 Å². The third kappa shape index (κ3) is 3.72. The van der Waals surface area contributed by atoms with Crippen molar-refractivity contribution in [1.29, 1.82) is 0 Å². The van der Waals surface area contributed by atoms with Crippen LogP contribution in [0.2, 0.25) is 0 Å². The Morgan fingerprint density at radius 3 is 2.85 bits per heavy atom. The quantitative estimate of drug-likeness (QED) is 0.718.